The Morgan fingerprint density at radius 2 is 1.88 bits per heavy atom. The molecule has 34 heavy (non-hydrogen) atoms. The molecule has 1 aliphatic heterocycles. The lowest BCUT2D eigenvalue weighted by atomic mass is 9.88. The molecule has 1 saturated heterocycles. The molecule has 9 heteroatoms. The summed E-state index contributed by atoms with van der Waals surface area (Å²) >= 11 is 1.43. The van der Waals surface area contributed by atoms with Gasteiger partial charge in [-0.05, 0) is 81.7 Å². The molecule has 0 spiro atoms. The van der Waals surface area contributed by atoms with Crippen LogP contribution in [-0.4, -0.2) is 43.8 Å². The van der Waals surface area contributed by atoms with Gasteiger partial charge in [-0.2, -0.15) is 4.31 Å². The molecule has 2 atom stereocenters. The Balaban J connectivity index is 1.56. The Labute approximate surface area is 205 Å². The summed E-state index contributed by atoms with van der Waals surface area (Å²) in [7, 11) is -3.60. The monoisotopic (exact) mass is 504 g/mol. The lowest BCUT2D eigenvalue weighted by Gasteiger charge is -2.32. The molecule has 1 aromatic carbocycles. The number of rotatable bonds is 6. The predicted molar refractivity (Wildman–Crippen MR) is 133 cm³/mol. The van der Waals surface area contributed by atoms with E-state index < -0.39 is 16.0 Å². The first-order valence-corrected chi connectivity index (χ1v) is 14.2. The van der Waals surface area contributed by atoms with Crippen LogP contribution in [0, 0.1) is 5.92 Å². The molecular formula is C25H32N2O5S2. The number of nitrogens with zero attached hydrogens (tertiary/aromatic N) is 1. The molecule has 4 rings (SSSR count). The van der Waals surface area contributed by atoms with Crippen LogP contribution in [0.4, 0.5) is 5.00 Å². The first kappa shape index (κ1) is 24.9. The smallest absolute Gasteiger partial charge is 0.341 e. The van der Waals surface area contributed by atoms with E-state index in [0.29, 0.717) is 28.6 Å². The van der Waals surface area contributed by atoms with Crippen molar-refractivity contribution < 1.29 is 22.7 Å². The van der Waals surface area contributed by atoms with Crippen LogP contribution in [0.3, 0.4) is 0 Å². The zero-order chi connectivity index (χ0) is 24.5. The van der Waals surface area contributed by atoms with E-state index in [-0.39, 0.29) is 23.5 Å². The van der Waals surface area contributed by atoms with Crippen LogP contribution in [0.1, 0.15) is 77.6 Å². The van der Waals surface area contributed by atoms with E-state index in [1.807, 2.05) is 6.92 Å². The summed E-state index contributed by atoms with van der Waals surface area (Å²) in [6.45, 7) is 6.66. The number of amides is 1. The second-order valence-electron chi connectivity index (χ2n) is 9.22. The third-order valence-corrected chi connectivity index (χ3v) is 9.88. The van der Waals surface area contributed by atoms with Crippen molar-refractivity contribution in [2.24, 2.45) is 5.92 Å². The van der Waals surface area contributed by atoms with Gasteiger partial charge in [0, 0.05) is 23.0 Å². The predicted octanol–water partition coefficient (Wildman–Crippen LogP) is 4.87. The van der Waals surface area contributed by atoms with Gasteiger partial charge in [-0.25, -0.2) is 13.2 Å². The number of carbonyl (C=O) groups is 2. The maximum absolute atomic E-state index is 13.1. The first-order valence-electron chi connectivity index (χ1n) is 12.0. The summed E-state index contributed by atoms with van der Waals surface area (Å²) in [5.41, 5.74) is 1.77. The standard InChI is InChI=1S/C25H32N2O5S2/c1-4-32-25(29)22-20-13-8-16(2)15-21(20)33-24(22)26-23(28)18-9-11-19(12-10-18)34(30,31)27-14-6-5-7-17(27)3/h9-12,16-17H,4-8,13-15H2,1-3H3,(H,26,28). The van der Waals surface area contributed by atoms with Crippen molar-refractivity contribution in [3.63, 3.8) is 0 Å². The zero-order valence-corrected chi connectivity index (χ0v) is 21.6. The zero-order valence-electron chi connectivity index (χ0n) is 19.9. The maximum Gasteiger partial charge on any atom is 0.341 e. The Bertz CT molecular complexity index is 1170. The van der Waals surface area contributed by atoms with Crippen molar-refractivity contribution in [3.8, 4) is 0 Å². The number of thiophene rings is 1. The summed E-state index contributed by atoms with van der Waals surface area (Å²) in [5, 5.41) is 3.39. The minimum Gasteiger partial charge on any atom is -0.462 e. The summed E-state index contributed by atoms with van der Waals surface area (Å²) in [6.07, 6.45) is 5.41. The van der Waals surface area contributed by atoms with Crippen LogP contribution in [0.15, 0.2) is 29.2 Å². The van der Waals surface area contributed by atoms with E-state index in [2.05, 4.69) is 12.2 Å². The number of hydrogen-bond acceptors (Lipinski definition) is 6. The van der Waals surface area contributed by atoms with Gasteiger partial charge in [0.15, 0.2) is 0 Å². The van der Waals surface area contributed by atoms with Gasteiger partial charge in [0.05, 0.1) is 17.1 Å². The number of anilines is 1. The fraction of sp³-hybridized carbons (Fsp3) is 0.520. The van der Waals surface area contributed by atoms with Crippen LogP contribution in [-0.2, 0) is 27.6 Å². The average molecular weight is 505 g/mol. The van der Waals surface area contributed by atoms with E-state index in [9.17, 15) is 18.0 Å². The van der Waals surface area contributed by atoms with E-state index in [1.165, 1.54) is 35.6 Å². The molecule has 0 saturated carbocycles. The highest BCUT2D eigenvalue weighted by Gasteiger charge is 2.32. The lowest BCUT2D eigenvalue weighted by Crippen LogP contribution is -2.41. The molecule has 1 amide bonds. The number of carbonyl (C=O) groups excluding carboxylic acids is 2. The second kappa shape index (κ2) is 10.2. The Hall–Kier alpha value is -2.23. The van der Waals surface area contributed by atoms with E-state index in [4.69, 9.17) is 4.74 Å². The van der Waals surface area contributed by atoms with Gasteiger partial charge in [0.25, 0.3) is 5.91 Å². The summed E-state index contributed by atoms with van der Waals surface area (Å²) in [4.78, 5) is 27.0. The van der Waals surface area contributed by atoms with Crippen molar-refractivity contribution in [2.45, 2.75) is 70.2 Å². The fourth-order valence-electron chi connectivity index (χ4n) is 4.78. The number of hydrogen-bond donors (Lipinski definition) is 1. The lowest BCUT2D eigenvalue weighted by molar-refractivity contribution is 0.0526. The third kappa shape index (κ3) is 4.92. The van der Waals surface area contributed by atoms with Crippen LogP contribution in [0.5, 0.6) is 0 Å². The van der Waals surface area contributed by atoms with Gasteiger partial charge in [-0.1, -0.05) is 13.3 Å². The molecule has 2 heterocycles. The molecule has 0 bridgehead atoms. The minimum atomic E-state index is -3.60. The van der Waals surface area contributed by atoms with Crippen molar-refractivity contribution in [1.29, 1.82) is 0 Å². The number of esters is 1. The topological polar surface area (TPSA) is 92.8 Å². The molecular weight excluding hydrogens is 472 g/mol. The highest BCUT2D eigenvalue weighted by atomic mass is 32.2. The number of piperidine rings is 1. The Morgan fingerprint density at radius 1 is 1.15 bits per heavy atom. The normalized spacial score (nSPS) is 21.0. The molecule has 2 aromatic rings. The quantitative estimate of drug-likeness (QED) is 0.567. The number of nitrogens with one attached hydrogen (secondary N) is 1. The molecule has 1 aromatic heterocycles. The SMILES string of the molecule is CCOC(=O)c1c(NC(=O)c2ccc(S(=O)(=O)N3CCCCC3C)cc2)sc2c1CCC(C)C2. The second-order valence-corrected chi connectivity index (χ2v) is 12.2. The highest BCUT2D eigenvalue weighted by Crippen LogP contribution is 2.40. The van der Waals surface area contributed by atoms with Gasteiger partial charge >= 0.3 is 5.97 Å². The number of fused-ring (bicyclic) bond motifs is 1. The third-order valence-electron chi connectivity index (χ3n) is 6.68. The molecule has 1 aliphatic carbocycles. The van der Waals surface area contributed by atoms with Crippen molar-refractivity contribution in [2.75, 3.05) is 18.5 Å². The van der Waals surface area contributed by atoms with E-state index in [1.54, 1.807) is 11.2 Å². The summed E-state index contributed by atoms with van der Waals surface area (Å²) in [6, 6.07) is 5.99. The number of benzene rings is 1. The number of ether oxygens (including phenoxy) is 1. The molecule has 1 N–H and O–H groups in total. The van der Waals surface area contributed by atoms with Crippen LogP contribution in [0.25, 0.3) is 0 Å². The molecule has 0 radical (unpaired) electrons. The van der Waals surface area contributed by atoms with Crippen LogP contribution >= 0.6 is 11.3 Å². The maximum atomic E-state index is 13.1. The molecule has 7 nitrogen and oxygen atoms in total. The number of sulfonamides is 1. The molecule has 1 fully saturated rings. The molecule has 184 valence electrons. The van der Waals surface area contributed by atoms with E-state index >= 15 is 0 Å². The minimum absolute atomic E-state index is 0.0318. The van der Waals surface area contributed by atoms with Gasteiger partial charge in [0.1, 0.15) is 5.00 Å². The summed E-state index contributed by atoms with van der Waals surface area (Å²) in [5.74, 6) is -0.267. The Morgan fingerprint density at radius 3 is 2.56 bits per heavy atom. The van der Waals surface area contributed by atoms with Crippen molar-refractivity contribution >= 4 is 38.2 Å². The van der Waals surface area contributed by atoms with Crippen molar-refractivity contribution in [1.82, 2.24) is 4.31 Å². The largest absolute Gasteiger partial charge is 0.462 e. The first-order chi connectivity index (χ1) is 16.2. The van der Waals surface area contributed by atoms with Crippen molar-refractivity contribution in [3.05, 3.63) is 45.8 Å². The van der Waals surface area contributed by atoms with E-state index in [0.717, 1.165) is 49.0 Å². The van der Waals surface area contributed by atoms with Gasteiger partial charge in [-0.3, -0.25) is 4.79 Å². The van der Waals surface area contributed by atoms with Gasteiger partial charge < -0.3 is 10.1 Å². The Kier molecular flexibility index (Phi) is 7.45. The van der Waals surface area contributed by atoms with Gasteiger partial charge in [-0.15, -0.1) is 11.3 Å². The average Bonchev–Trinajstić information content (AvgIpc) is 3.16. The van der Waals surface area contributed by atoms with Gasteiger partial charge in [0.2, 0.25) is 10.0 Å². The summed E-state index contributed by atoms with van der Waals surface area (Å²) < 4.78 is 33.0. The van der Waals surface area contributed by atoms with Crippen LogP contribution in [0.2, 0.25) is 0 Å². The molecule has 2 unspecified atom stereocenters. The molecule has 2 aliphatic rings. The van der Waals surface area contributed by atoms with Crippen LogP contribution < -0.4 is 5.32 Å². The fourth-order valence-corrected chi connectivity index (χ4v) is 7.87. The highest BCUT2D eigenvalue weighted by molar-refractivity contribution is 7.89.